The molecular weight excluding hydrogens is 238 g/mol. The lowest BCUT2D eigenvalue weighted by Gasteiger charge is -2.04. The summed E-state index contributed by atoms with van der Waals surface area (Å²) in [5, 5.41) is 10.6. The highest BCUT2D eigenvalue weighted by molar-refractivity contribution is 5.97. The molecule has 0 bridgehead atoms. The zero-order valence-electron chi connectivity index (χ0n) is 10.1. The molecule has 0 radical (unpaired) electrons. The molecule has 0 amide bonds. The molecular formula is C12H15NO5. The minimum absolute atomic E-state index is 0.102. The molecule has 0 spiro atoms. The largest absolute Gasteiger partial charge is 0.379 e. The summed E-state index contributed by atoms with van der Waals surface area (Å²) in [6.45, 7) is 3.12. The Hall–Kier alpha value is -1.79. The van der Waals surface area contributed by atoms with Crippen LogP contribution in [-0.4, -0.2) is 37.1 Å². The minimum Gasteiger partial charge on any atom is -0.379 e. The highest BCUT2D eigenvalue weighted by Gasteiger charge is 2.11. The molecule has 0 atom stereocenters. The van der Waals surface area contributed by atoms with Gasteiger partial charge in [0.05, 0.1) is 18.1 Å². The van der Waals surface area contributed by atoms with Crippen LogP contribution in [0.3, 0.4) is 0 Å². The number of ketones is 1. The van der Waals surface area contributed by atoms with Gasteiger partial charge in [0.25, 0.3) is 5.69 Å². The van der Waals surface area contributed by atoms with Crippen molar-refractivity contribution in [2.45, 2.75) is 6.92 Å². The number of ether oxygens (including phenoxy) is 2. The van der Waals surface area contributed by atoms with Crippen LogP contribution in [0.4, 0.5) is 5.69 Å². The molecule has 98 valence electrons. The van der Waals surface area contributed by atoms with Crippen molar-refractivity contribution in [1.82, 2.24) is 0 Å². The van der Waals surface area contributed by atoms with Gasteiger partial charge in [0, 0.05) is 24.3 Å². The third-order valence-corrected chi connectivity index (χ3v) is 2.19. The van der Waals surface area contributed by atoms with Crippen molar-refractivity contribution in [1.29, 1.82) is 0 Å². The summed E-state index contributed by atoms with van der Waals surface area (Å²) in [7, 11) is 0. The number of nitro groups is 1. The molecule has 6 nitrogen and oxygen atoms in total. The van der Waals surface area contributed by atoms with Crippen LogP contribution < -0.4 is 0 Å². The predicted molar refractivity (Wildman–Crippen MR) is 64.7 cm³/mol. The maximum Gasteiger partial charge on any atom is 0.270 e. The van der Waals surface area contributed by atoms with Crippen molar-refractivity contribution in [2.75, 3.05) is 26.4 Å². The Balaban J connectivity index is 2.46. The van der Waals surface area contributed by atoms with E-state index in [1.807, 2.05) is 6.92 Å². The van der Waals surface area contributed by atoms with Crippen LogP contribution >= 0.6 is 0 Å². The molecule has 0 aliphatic carbocycles. The van der Waals surface area contributed by atoms with Crippen molar-refractivity contribution in [3.63, 3.8) is 0 Å². The molecule has 0 fully saturated rings. The maximum absolute atomic E-state index is 11.7. The summed E-state index contributed by atoms with van der Waals surface area (Å²) in [4.78, 5) is 21.7. The second kappa shape index (κ2) is 7.52. The fraction of sp³-hybridized carbons (Fsp3) is 0.417. The first kappa shape index (κ1) is 14.3. The third-order valence-electron chi connectivity index (χ3n) is 2.19. The molecule has 1 rings (SSSR count). The first-order valence-electron chi connectivity index (χ1n) is 5.58. The molecule has 0 aliphatic rings. The predicted octanol–water partition coefficient (Wildman–Crippen LogP) is 1.83. The Morgan fingerprint density at radius 1 is 1.33 bits per heavy atom. The quantitative estimate of drug-likeness (QED) is 0.305. The Kier molecular flexibility index (Phi) is 5.96. The number of Topliss-reactive ketones (excluding diaryl/α,β-unsaturated/α-hetero) is 1. The standard InChI is InChI=1S/C12H15NO5/c1-2-17-6-7-18-9-12(14)10-4-3-5-11(8-10)13(15)16/h3-5,8H,2,6-7,9H2,1H3. The Bertz CT molecular complexity index is 419. The second-order valence-corrected chi connectivity index (χ2v) is 3.48. The zero-order valence-corrected chi connectivity index (χ0v) is 10.1. The van der Waals surface area contributed by atoms with Crippen LogP contribution in [0.1, 0.15) is 17.3 Å². The zero-order chi connectivity index (χ0) is 13.4. The number of rotatable bonds is 8. The van der Waals surface area contributed by atoms with E-state index in [2.05, 4.69) is 0 Å². The summed E-state index contributed by atoms with van der Waals surface area (Å²) in [6.07, 6.45) is 0. The van der Waals surface area contributed by atoms with E-state index in [1.165, 1.54) is 24.3 Å². The van der Waals surface area contributed by atoms with Crippen LogP contribution in [0.15, 0.2) is 24.3 Å². The van der Waals surface area contributed by atoms with Crippen molar-refractivity contribution in [3.05, 3.63) is 39.9 Å². The fourth-order valence-corrected chi connectivity index (χ4v) is 1.30. The fourth-order valence-electron chi connectivity index (χ4n) is 1.30. The lowest BCUT2D eigenvalue weighted by Crippen LogP contribution is -2.12. The maximum atomic E-state index is 11.7. The van der Waals surface area contributed by atoms with Gasteiger partial charge in [0.1, 0.15) is 6.61 Å². The topological polar surface area (TPSA) is 78.7 Å². The Labute approximate surface area is 105 Å². The number of carbonyl (C=O) groups is 1. The van der Waals surface area contributed by atoms with Gasteiger partial charge in [-0.15, -0.1) is 0 Å². The average Bonchev–Trinajstić information content (AvgIpc) is 2.38. The normalized spacial score (nSPS) is 10.3. The third kappa shape index (κ3) is 4.60. The van der Waals surface area contributed by atoms with E-state index in [0.29, 0.717) is 19.8 Å². The SMILES string of the molecule is CCOCCOCC(=O)c1cccc([N+](=O)[O-])c1. The van der Waals surface area contributed by atoms with E-state index in [-0.39, 0.29) is 23.6 Å². The van der Waals surface area contributed by atoms with Crippen LogP contribution in [0.2, 0.25) is 0 Å². The van der Waals surface area contributed by atoms with E-state index in [9.17, 15) is 14.9 Å². The lowest BCUT2D eigenvalue weighted by atomic mass is 10.1. The Morgan fingerprint density at radius 2 is 2.06 bits per heavy atom. The first-order chi connectivity index (χ1) is 8.65. The smallest absolute Gasteiger partial charge is 0.270 e. The summed E-state index contributed by atoms with van der Waals surface area (Å²) in [5.74, 6) is -0.282. The van der Waals surface area contributed by atoms with E-state index < -0.39 is 4.92 Å². The highest BCUT2D eigenvalue weighted by Crippen LogP contribution is 2.13. The van der Waals surface area contributed by atoms with Gasteiger partial charge in [0.15, 0.2) is 5.78 Å². The number of nitrogens with zero attached hydrogens (tertiary/aromatic N) is 1. The van der Waals surface area contributed by atoms with Crippen LogP contribution in [-0.2, 0) is 9.47 Å². The van der Waals surface area contributed by atoms with Gasteiger partial charge in [-0.3, -0.25) is 14.9 Å². The molecule has 6 heteroatoms. The van der Waals surface area contributed by atoms with Crippen molar-refractivity contribution >= 4 is 11.5 Å². The molecule has 1 aromatic carbocycles. The van der Waals surface area contributed by atoms with Gasteiger partial charge in [-0.2, -0.15) is 0 Å². The van der Waals surface area contributed by atoms with Crippen LogP contribution in [0.25, 0.3) is 0 Å². The van der Waals surface area contributed by atoms with Gasteiger partial charge in [-0.25, -0.2) is 0 Å². The van der Waals surface area contributed by atoms with Gasteiger partial charge in [-0.05, 0) is 6.92 Å². The Morgan fingerprint density at radius 3 is 2.72 bits per heavy atom. The lowest BCUT2D eigenvalue weighted by molar-refractivity contribution is -0.384. The molecule has 0 heterocycles. The van der Waals surface area contributed by atoms with Crippen molar-refractivity contribution in [3.8, 4) is 0 Å². The van der Waals surface area contributed by atoms with Crippen LogP contribution in [0, 0.1) is 10.1 Å². The van der Waals surface area contributed by atoms with Gasteiger partial charge >= 0.3 is 0 Å². The van der Waals surface area contributed by atoms with Crippen LogP contribution in [0.5, 0.6) is 0 Å². The molecule has 0 saturated heterocycles. The number of benzene rings is 1. The van der Waals surface area contributed by atoms with Gasteiger partial charge < -0.3 is 9.47 Å². The highest BCUT2D eigenvalue weighted by atomic mass is 16.6. The van der Waals surface area contributed by atoms with E-state index in [4.69, 9.17) is 9.47 Å². The second-order valence-electron chi connectivity index (χ2n) is 3.48. The summed E-state index contributed by atoms with van der Waals surface area (Å²) in [6, 6.07) is 5.59. The van der Waals surface area contributed by atoms with E-state index in [1.54, 1.807) is 0 Å². The summed E-state index contributed by atoms with van der Waals surface area (Å²) in [5.41, 5.74) is 0.177. The van der Waals surface area contributed by atoms with Crippen molar-refractivity contribution < 1.29 is 19.2 Å². The first-order valence-corrected chi connectivity index (χ1v) is 5.58. The molecule has 18 heavy (non-hydrogen) atoms. The van der Waals surface area contributed by atoms with Crippen molar-refractivity contribution in [2.24, 2.45) is 0 Å². The number of non-ortho nitro benzene ring substituents is 1. The van der Waals surface area contributed by atoms with Gasteiger partial charge in [0.2, 0.25) is 0 Å². The molecule has 0 saturated carbocycles. The number of carbonyl (C=O) groups excluding carboxylic acids is 1. The number of hydrogen-bond acceptors (Lipinski definition) is 5. The molecule has 0 aromatic heterocycles. The molecule has 1 aromatic rings. The monoisotopic (exact) mass is 253 g/mol. The number of nitro benzene ring substituents is 1. The molecule has 0 aliphatic heterocycles. The van der Waals surface area contributed by atoms with E-state index >= 15 is 0 Å². The molecule has 0 unspecified atom stereocenters. The van der Waals surface area contributed by atoms with Gasteiger partial charge in [-0.1, -0.05) is 12.1 Å². The number of hydrogen-bond donors (Lipinski definition) is 0. The van der Waals surface area contributed by atoms with E-state index in [0.717, 1.165) is 0 Å². The summed E-state index contributed by atoms with van der Waals surface area (Å²) < 4.78 is 10.2. The minimum atomic E-state index is -0.535. The summed E-state index contributed by atoms with van der Waals surface area (Å²) >= 11 is 0. The average molecular weight is 253 g/mol. The molecule has 0 N–H and O–H groups in total.